The van der Waals surface area contributed by atoms with Gasteiger partial charge in [0.2, 0.25) is 5.89 Å². The van der Waals surface area contributed by atoms with Crippen LogP contribution in [0.5, 0.6) is 0 Å². The minimum absolute atomic E-state index is 0.143. The van der Waals surface area contributed by atoms with Crippen LogP contribution in [0.1, 0.15) is 47.8 Å². The van der Waals surface area contributed by atoms with Gasteiger partial charge in [0, 0.05) is 68.1 Å². The lowest BCUT2D eigenvalue weighted by Gasteiger charge is -2.43. The van der Waals surface area contributed by atoms with Crippen LogP contribution in [-0.2, 0) is 37.4 Å². The summed E-state index contributed by atoms with van der Waals surface area (Å²) in [5.74, 6) is 2.22. The zero-order valence-electron chi connectivity index (χ0n) is 19.6. The van der Waals surface area contributed by atoms with Gasteiger partial charge in [-0.2, -0.15) is 10.1 Å². The molecule has 0 saturated carbocycles. The molecule has 0 spiro atoms. The van der Waals surface area contributed by atoms with Crippen LogP contribution >= 0.6 is 0 Å². The molecular formula is C23H31N7O4. The van der Waals surface area contributed by atoms with Crippen molar-refractivity contribution >= 4 is 6.47 Å². The summed E-state index contributed by atoms with van der Waals surface area (Å²) < 4.78 is 7.21. The van der Waals surface area contributed by atoms with Crippen molar-refractivity contribution in [2.24, 2.45) is 5.92 Å². The minimum Gasteiger partial charge on any atom is -0.483 e. The summed E-state index contributed by atoms with van der Waals surface area (Å²) in [7, 11) is 1.98. The molecule has 2 aliphatic rings. The van der Waals surface area contributed by atoms with Gasteiger partial charge in [0.05, 0.1) is 12.7 Å². The number of piperidine rings is 1. The van der Waals surface area contributed by atoms with E-state index < -0.39 is 0 Å². The highest BCUT2D eigenvalue weighted by molar-refractivity contribution is 5.32. The number of carbonyl (C=O) groups is 1. The molecule has 0 unspecified atom stereocenters. The van der Waals surface area contributed by atoms with Crippen LogP contribution in [0, 0.1) is 5.92 Å². The lowest BCUT2D eigenvalue weighted by molar-refractivity contribution is -0.122. The van der Waals surface area contributed by atoms with Gasteiger partial charge in [-0.25, -0.2) is 0 Å². The smallest absolute Gasteiger partial charge is 0.290 e. The van der Waals surface area contributed by atoms with Crippen molar-refractivity contribution in [1.82, 2.24) is 34.7 Å². The number of H-pyrrole nitrogens is 1. The van der Waals surface area contributed by atoms with Crippen molar-refractivity contribution in [1.29, 1.82) is 0 Å². The number of pyridine rings is 1. The number of hydrogen-bond acceptors (Lipinski definition) is 8. The van der Waals surface area contributed by atoms with E-state index in [-0.39, 0.29) is 12.0 Å². The fraction of sp³-hybridized carbons (Fsp3) is 0.522. The molecule has 11 heteroatoms. The molecular weight excluding hydrogens is 438 g/mol. The lowest BCUT2D eigenvalue weighted by atomic mass is 9.83. The van der Waals surface area contributed by atoms with Gasteiger partial charge in [-0.1, -0.05) is 18.1 Å². The molecule has 5 rings (SSSR count). The SMILES string of the molecule is CCc1nc(CN(C)Cc2ccc3n(c2=O)C[C@H]2C[C@@H]3CN(Cc3cn[nH]c3)C2)no1.O=CO. The molecule has 2 atom stereocenters. The quantitative estimate of drug-likeness (QED) is 0.493. The fourth-order valence-electron chi connectivity index (χ4n) is 5.05. The molecule has 0 radical (unpaired) electrons. The highest BCUT2D eigenvalue weighted by Crippen LogP contribution is 2.35. The average molecular weight is 470 g/mol. The van der Waals surface area contributed by atoms with Gasteiger partial charge in [-0.3, -0.25) is 24.5 Å². The van der Waals surface area contributed by atoms with E-state index in [0.717, 1.165) is 44.6 Å². The van der Waals surface area contributed by atoms with Crippen LogP contribution in [0.2, 0.25) is 0 Å². The minimum atomic E-state index is -0.250. The van der Waals surface area contributed by atoms with E-state index in [1.165, 1.54) is 11.3 Å². The number of nitrogens with zero attached hydrogens (tertiary/aromatic N) is 6. The van der Waals surface area contributed by atoms with Crippen molar-refractivity contribution in [3.05, 3.63) is 63.4 Å². The fourth-order valence-corrected chi connectivity index (χ4v) is 5.05. The summed E-state index contributed by atoms with van der Waals surface area (Å²) in [5, 5.41) is 17.9. The molecule has 1 saturated heterocycles. The van der Waals surface area contributed by atoms with Gasteiger partial charge in [-0.05, 0) is 25.5 Å². The van der Waals surface area contributed by atoms with Crippen molar-refractivity contribution in [2.75, 3.05) is 20.1 Å². The first kappa shape index (κ1) is 23.8. The van der Waals surface area contributed by atoms with Crippen molar-refractivity contribution in [2.45, 2.75) is 51.9 Å². The molecule has 3 aromatic rings. The highest BCUT2D eigenvalue weighted by Gasteiger charge is 2.35. The normalized spacial score (nSPS) is 19.4. The predicted octanol–water partition coefficient (Wildman–Crippen LogP) is 1.47. The number of rotatable bonds is 7. The number of aromatic amines is 1. The Balaban J connectivity index is 0.000000868. The molecule has 11 nitrogen and oxygen atoms in total. The first-order valence-electron chi connectivity index (χ1n) is 11.5. The maximum Gasteiger partial charge on any atom is 0.290 e. The van der Waals surface area contributed by atoms with Crippen molar-refractivity contribution in [3.8, 4) is 0 Å². The summed E-state index contributed by atoms with van der Waals surface area (Å²) in [5.41, 5.74) is 3.35. The highest BCUT2D eigenvalue weighted by atomic mass is 16.5. The van der Waals surface area contributed by atoms with Gasteiger partial charge >= 0.3 is 0 Å². The number of nitrogens with one attached hydrogen (secondary N) is 1. The number of fused-ring (bicyclic) bond motifs is 4. The number of carboxylic acid groups (broad SMARTS) is 1. The molecule has 182 valence electrons. The standard InChI is InChI=1S/C22H29N7O2.CH2O2/c1-3-21-25-20(26-31-21)14-27(2)12-17-4-5-19-18-6-15(11-29(19)22(17)30)9-28(13-18)10-16-7-23-24-8-16;2-1-3/h4-5,7-8,15,18H,3,6,9-14H2,1-2H3,(H,23,24);1H,(H,2,3)/t15-,18+;/m0./s1. The zero-order valence-corrected chi connectivity index (χ0v) is 19.6. The molecule has 0 amide bonds. The van der Waals surface area contributed by atoms with Crippen LogP contribution in [0.25, 0.3) is 0 Å². The second kappa shape index (κ2) is 10.7. The van der Waals surface area contributed by atoms with Gasteiger partial charge in [-0.15, -0.1) is 0 Å². The predicted molar refractivity (Wildman–Crippen MR) is 123 cm³/mol. The molecule has 2 bridgehead atoms. The second-order valence-electron chi connectivity index (χ2n) is 9.03. The third-order valence-electron chi connectivity index (χ3n) is 6.38. The first-order valence-corrected chi connectivity index (χ1v) is 11.5. The maximum atomic E-state index is 13.3. The van der Waals surface area contributed by atoms with Crippen LogP contribution in [0.15, 0.2) is 33.8 Å². The second-order valence-corrected chi connectivity index (χ2v) is 9.03. The molecule has 0 aliphatic carbocycles. The zero-order chi connectivity index (χ0) is 24.1. The maximum absolute atomic E-state index is 13.3. The van der Waals surface area contributed by atoms with Gasteiger partial charge < -0.3 is 14.2 Å². The Kier molecular flexibility index (Phi) is 7.53. The van der Waals surface area contributed by atoms with Crippen LogP contribution in [0.3, 0.4) is 0 Å². The van der Waals surface area contributed by atoms with E-state index in [4.69, 9.17) is 14.4 Å². The summed E-state index contributed by atoms with van der Waals surface area (Å²) >= 11 is 0. The summed E-state index contributed by atoms with van der Waals surface area (Å²) in [6.45, 7) is 6.57. The van der Waals surface area contributed by atoms with E-state index in [0.29, 0.717) is 36.6 Å². The first-order chi connectivity index (χ1) is 16.5. The number of aryl methyl sites for hydroxylation is 1. The Morgan fingerprint density at radius 2 is 2.12 bits per heavy atom. The number of aromatic nitrogens is 5. The Hall–Kier alpha value is -3.31. The van der Waals surface area contributed by atoms with E-state index in [1.54, 1.807) is 0 Å². The Bertz CT molecular complexity index is 1140. The Morgan fingerprint density at radius 1 is 1.29 bits per heavy atom. The number of likely N-dealkylation sites (tertiary alicyclic amines) is 1. The molecule has 0 aromatic carbocycles. The third kappa shape index (κ3) is 5.42. The average Bonchev–Trinajstić information content (AvgIpc) is 3.48. The molecule has 2 aliphatic heterocycles. The Morgan fingerprint density at radius 3 is 2.82 bits per heavy atom. The summed E-state index contributed by atoms with van der Waals surface area (Å²) in [6.07, 6.45) is 5.75. The van der Waals surface area contributed by atoms with Crippen LogP contribution in [-0.4, -0.2) is 66.4 Å². The molecule has 5 heterocycles. The van der Waals surface area contributed by atoms with Crippen LogP contribution in [0.4, 0.5) is 0 Å². The molecule has 3 aromatic heterocycles. The molecule has 2 N–H and O–H groups in total. The van der Waals surface area contributed by atoms with E-state index >= 15 is 0 Å². The van der Waals surface area contributed by atoms with Crippen LogP contribution < -0.4 is 5.56 Å². The van der Waals surface area contributed by atoms with E-state index in [2.05, 4.69) is 36.2 Å². The third-order valence-corrected chi connectivity index (χ3v) is 6.38. The van der Waals surface area contributed by atoms with Crippen molar-refractivity contribution < 1.29 is 14.4 Å². The number of hydrogen-bond donors (Lipinski definition) is 2. The Labute approximate surface area is 197 Å². The largest absolute Gasteiger partial charge is 0.483 e. The van der Waals surface area contributed by atoms with Crippen molar-refractivity contribution in [3.63, 3.8) is 0 Å². The summed E-state index contributed by atoms with van der Waals surface area (Å²) in [4.78, 5) is 30.6. The van der Waals surface area contributed by atoms with Gasteiger partial charge in [0.1, 0.15) is 0 Å². The monoisotopic (exact) mass is 469 g/mol. The van der Waals surface area contributed by atoms with Gasteiger partial charge in [0.25, 0.3) is 12.0 Å². The summed E-state index contributed by atoms with van der Waals surface area (Å²) in [6, 6.07) is 4.17. The van der Waals surface area contributed by atoms with E-state index in [9.17, 15) is 4.79 Å². The van der Waals surface area contributed by atoms with Gasteiger partial charge in [0.15, 0.2) is 5.82 Å². The molecule has 1 fully saturated rings. The lowest BCUT2D eigenvalue weighted by Crippen LogP contribution is -2.47. The topological polar surface area (TPSA) is 133 Å². The molecule has 34 heavy (non-hydrogen) atoms. The van der Waals surface area contributed by atoms with E-state index in [1.807, 2.05) is 37.0 Å².